The molecule has 8 nitrogen and oxygen atoms in total. The summed E-state index contributed by atoms with van der Waals surface area (Å²) in [6.45, 7) is 1.89. The summed E-state index contributed by atoms with van der Waals surface area (Å²) in [6, 6.07) is 7.84. The minimum Gasteiger partial charge on any atom is -0.497 e. The average Bonchev–Trinajstić information content (AvgIpc) is 3.50. The molecule has 1 saturated carbocycles. The molecule has 3 heterocycles. The number of hydrogen-bond acceptors (Lipinski definition) is 6. The molecule has 1 unspecified atom stereocenters. The van der Waals surface area contributed by atoms with Crippen molar-refractivity contribution in [3.05, 3.63) is 46.0 Å². The Morgan fingerprint density at radius 2 is 1.93 bits per heavy atom. The smallest absolute Gasteiger partial charge is 0.253 e. The fourth-order valence-corrected chi connectivity index (χ4v) is 4.82. The SMILES string of the molecule is COc1ccc2cc(C(c3nnnn3C3CCCC3)N3CCCC3)c(=O)[nH]c2c1. The minimum atomic E-state index is -0.233. The van der Waals surface area contributed by atoms with Gasteiger partial charge in [-0.25, -0.2) is 4.68 Å². The van der Waals surface area contributed by atoms with Crippen molar-refractivity contribution in [2.75, 3.05) is 20.2 Å². The summed E-state index contributed by atoms with van der Waals surface area (Å²) in [5.41, 5.74) is 1.39. The maximum atomic E-state index is 13.2. The molecule has 8 heteroatoms. The Labute approximate surface area is 168 Å². The first-order chi connectivity index (χ1) is 14.2. The van der Waals surface area contributed by atoms with Crippen LogP contribution in [-0.4, -0.2) is 50.3 Å². The lowest BCUT2D eigenvalue weighted by Gasteiger charge is -2.27. The number of fused-ring (bicyclic) bond motifs is 1. The molecule has 1 aliphatic carbocycles. The highest BCUT2D eigenvalue weighted by molar-refractivity contribution is 5.80. The number of pyridine rings is 1. The predicted octanol–water partition coefficient (Wildman–Crippen LogP) is 2.82. The molecule has 0 bridgehead atoms. The molecule has 1 N–H and O–H groups in total. The summed E-state index contributed by atoms with van der Waals surface area (Å²) >= 11 is 0. The molecule has 2 aliphatic rings. The fourth-order valence-electron chi connectivity index (χ4n) is 4.82. The van der Waals surface area contributed by atoms with Crippen LogP contribution in [0.4, 0.5) is 0 Å². The Kier molecular flexibility index (Phi) is 4.79. The number of rotatable bonds is 5. The fraction of sp³-hybridized carbons (Fsp3) is 0.524. The third-order valence-electron chi connectivity index (χ3n) is 6.32. The van der Waals surface area contributed by atoms with Crippen LogP contribution < -0.4 is 10.3 Å². The lowest BCUT2D eigenvalue weighted by molar-refractivity contribution is 0.256. The second-order valence-electron chi connectivity index (χ2n) is 8.07. The monoisotopic (exact) mass is 394 g/mol. The minimum absolute atomic E-state index is 0.0939. The molecule has 152 valence electrons. The lowest BCUT2D eigenvalue weighted by Crippen LogP contribution is -2.33. The third-order valence-corrected chi connectivity index (χ3v) is 6.32. The van der Waals surface area contributed by atoms with Gasteiger partial charge >= 0.3 is 0 Å². The van der Waals surface area contributed by atoms with Gasteiger partial charge in [0.1, 0.15) is 11.8 Å². The van der Waals surface area contributed by atoms with E-state index in [9.17, 15) is 4.79 Å². The van der Waals surface area contributed by atoms with Gasteiger partial charge in [-0.3, -0.25) is 9.69 Å². The summed E-state index contributed by atoms with van der Waals surface area (Å²) < 4.78 is 7.27. The molecule has 1 saturated heterocycles. The molecule has 29 heavy (non-hydrogen) atoms. The Morgan fingerprint density at radius 3 is 2.69 bits per heavy atom. The molecule has 1 atom stereocenters. The highest BCUT2D eigenvalue weighted by atomic mass is 16.5. The zero-order valence-electron chi connectivity index (χ0n) is 16.7. The van der Waals surface area contributed by atoms with Crippen LogP contribution in [0.2, 0.25) is 0 Å². The van der Waals surface area contributed by atoms with E-state index >= 15 is 0 Å². The number of hydrogen-bond donors (Lipinski definition) is 1. The van der Waals surface area contributed by atoms with Gasteiger partial charge in [-0.2, -0.15) is 0 Å². The van der Waals surface area contributed by atoms with Crippen molar-refractivity contribution < 1.29 is 4.74 Å². The lowest BCUT2D eigenvalue weighted by atomic mass is 10.0. The molecule has 2 fully saturated rings. The van der Waals surface area contributed by atoms with Crippen LogP contribution in [0.15, 0.2) is 29.1 Å². The van der Waals surface area contributed by atoms with Crippen molar-refractivity contribution in [1.29, 1.82) is 0 Å². The number of aromatic nitrogens is 5. The van der Waals surface area contributed by atoms with E-state index in [2.05, 4.69) is 25.4 Å². The molecular formula is C21H26N6O2. The van der Waals surface area contributed by atoms with Gasteiger partial charge in [0.2, 0.25) is 0 Å². The van der Waals surface area contributed by atoms with Crippen molar-refractivity contribution in [2.45, 2.75) is 50.6 Å². The van der Waals surface area contributed by atoms with Crippen molar-refractivity contribution in [1.82, 2.24) is 30.1 Å². The van der Waals surface area contributed by atoms with Gasteiger partial charge in [-0.1, -0.05) is 12.8 Å². The maximum absolute atomic E-state index is 13.2. The van der Waals surface area contributed by atoms with E-state index in [1.807, 2.05) is 28.9 Å². The van der Waals surface area contributed by atoms with E-state index in [0.717, 1.165) is 61.2 Å². The summed E-state index contributed by atoms with van der Waals surface area (Å²) in [5, 5.41) is 13.7. The molecule has 1 aromatic carbocycles. The number of benzene rings is 1. The van der Waals surface area contributed by atoms with Gasteiger partial charge in [-0.05, 0) is 72.8 Å². The van der Waals surface area contributed by atoms with E-state index < -0.39 is 0 Å². The summed E-state index contributed by atoms with van der Waals surface area (Å²) in [5.74, 6) is 1.51. The zero-order chi connectivity index (χ0) is 19.8. The van der Waals surface area contributed by atoms with E-state index in [-0.39, 0.29) is 11.6 Å². The zero-order valence-corrected chi connectivity index (χ0v) is 16.7. The second-order valence-corrected chi connectivity index (χ2v) is 8.07. The molecule has 2 aromatic heterocycles. The van der Waals surface area contributed by atoms with Gasteiger partial charge in [0.15, 0.2) is 5.82 Å². The first-order valence-corrected chi connectivity index (χ1v) is 10.5. The summed E-state index contributed by atoms with van der Waals surface area (Å²) in [4.78, 5) is 18.6. The van der Waals surface area contributed by atoms with E-state index in [1.165, 1.54) is 12.8 Å². The van der Waals surface area contributed by atoms with Crippen LogP contribution in [-0.2, 0) is 0 Å². The summed E-state index contributed by atoms with van der Waals surface area (Å²) in [6.07, 6.45) is 6.86. The molecule has 0 spiro atoms. The van der Waals surface area contributed by atoms with Crippen LogP contribution in [0.3, 0.4) is 0 Å². The Hall–Kier alpha value is -2.74. The van der Waals surface area contributed by atoms with Gasteiger partial charge in [0.05, 0.1) is 18.7 Å². The van der Waals surface area contributed by atoms with Crippen molar-refractivity contribution >= 4 is 10.9 Å². The van der Waals surface area contributed by atoms with Crippen LogP contribution in [0.5, 0.6) is 5.75 Å². The number of aromatic amines is 1. The highest BCUT2D eigenvalue weighted by Crippen LogP contribution is 2.35. The average molecular weight is 394 g/mol. The molecule has 0 radical (unpaired) electrons. The van der Waals surface area contributed by atoms with Gasteiger partial charge in [0, 0.05) is 11.6 Å². The van der Waals surface area contributed by atoms with Crippen LogP contribution >= 0.6 is 0 Å². The van der Waals surface area contributed by atoms with Gasteiger partial charge < -0.3 is 9.72 Å². The number of H-pyrrole nitrogens is 1. The van der Waals surface area contributed by atoms with Crippen LogP contribution in [0.1, 0.15) is 62.0 Å². The van der Waals surface area contributed by atoms with E-state index in [0.29, 0.717) is 11.6 Å². The predicted molar refractivity (Wildman–Crippen MR) is 109 cm³/mol. The van der Waals surface area contributed by atoms with E-state index in [4.69, 9.17) is 4.74 Å². The molecular weight excluding hydrogens is 368 g/mol. The highest BCUT2D eigenvalue weighted by Gasteiger charge is 2.34. The van der Waals surface area contributed by atoms with E-state index in [1.54, 1.807) is 7.11 Å². The Balaban J connectivity index is 1.64. The molecule has 1 aliphatic heterocycles. The van der Waals surface area contributed by atoms with Crippen LogP contribution in [0, 0.1) is 0 Å². The molecule has 5 rings (SSSR count). The van der Waals surface area contributed by atoms with Crippen molar-refractivity contribution in [3.63, 3.8) is 0 Å². The quantitative estimate of drug-likeness (QED) is 0.716. The molecule has 0 amide bonds. The Morgan fingerprint density at radius 1 is 1.14 bits per heavy atom. The van der Waals surface area contributed by atoms with Crippen LogP contribution in [0.25, 0.3) is 10.9 Å². The standard InChI is InChI=1S/C21H26N6O2/c1-29-16-9-8-14-12-17(21(28)22-18(14)13-16)19(26-10-4-5-11-26)20-23-24-25-27(20)15-6-2-3-7-15/h8-9,12-13,15,19H,2-7,10-11H2,1H3,(H,22,28). The topological polar surface area (TPSA) is 88.9 Å². The normalized spacial score (nSPS) is 19.2. The second kappa shape index (κ2) is 7.59. The first-order valence-electron chi connectivity index (χ1n) is 10.5. The largest absolute Gasteiger partial charge is 0.497 e. The van der Waals surface area contributed by atoms with Crippen molar-refractivity contribution in [3.8, 4) is 5.75 Å². The van der Waals surface area contributed by atoms with Gasteiger partial charge in [-0.15, -0.1) is 5.10 Å². The van der Waals surface area contributed by atoms with Gasteiger partial charge in [0.25, 0.3) is 5.56 Å². The van der Waals surface area contributed by atoms with Crippen molar-refractivity contribution in [2.24, 2.45) is 0 Å². The summed E-state index contributed by atoms with van der Waals surface area (Å²) in [7, 11) is 1.62. The number of ether oxygens (including phenoxy) is 1. The number of tetrazole rings is 1. The third kappa shape index (κ3) is 3.31. The number of methoxy groups -OCH3 is 1. The number of nitrogens with zero attached hydrogens (tertiary/aromatic N) is 5. The number of nitrogens with one attached hydrogen (secondary N) is 1. The first kappa shape index (κ1) is 18.3. The number of likely N-dealkylation sites (tertiary alicyclic amines) is 1. The molecule has 3 aromatic rings. The Bertz CT molecular complexity index is 1060. The maximum Gasteiger partial charge on any atom is 0.253 e.